The second kappa shape index (κ2) is 8.67. The maximum Gasteiger partial charge on any atom is 0.254 e. The Morgan fingerprint density at radius 1 is 1.28 bits per heavy atom. The van der Waals surface area contributed by atoms with E-state index in [9.17, 15) is 14.3 Å². The number of amides is 1. The number of likely N-dealkylation sites (N-methyl/N-ethyl adjacent to an activating group) is 1. The molecule has 32 heavy (non-hydrogen) atoms. The number of phenolic OH excluding ortho intramolecular Hbond substituents is 1. The molecule has 2 heterocycles. The van der Waals surface area contributed by atoms with Crippen LogP contribution in [0.4, 0.5) is 27.5 Å². The molecule has 1 aromatic heterocycles. The highest BCUT2D eigenvalue weighted by Gasteiger charge is 2.19. The fourth-order valence-corrected chi connectivity index (χ4v) is 3.59. The molecular formula is C22H23FN6O3. The van der Waals surface area contributed by atoms with Crippen molar-refractivity contribution < 1.29 is 19.0 Å². The molecular weight excluding hydrogens is 415 g/mol. The highest BCUT2D eigenvalue weighted by molar-refractivity contribution is 5.98. The number of primary amides is 1. The zero-order valence-corrected chi connectivity index (χ0v) is 17.6. The fraction of sp³-hybridized carbons (Fsp3) is 0.227. The summed E-state index contributed by atoms with van der Waals surface area (Å²) in [7, 11) is 3.63. The number of nitrogens with one attached hydrogen (secondary N) is 2. The lowest BCUT2D eigenvalue weighted by atomic mass is 9.99. The van der Waals surface area contributed by atoms with E-state index in [0.717, 1.165) is 25.1 Å². The molecule has 0 saturated heterocycles. The van der Waals surface area contributed by atoms with Crippen molar-refractivity contribution in [1.82, 2.24) is 14.9 Å². The normalized spacial score (nSPS) is 13.3. The van der Waals surface area contributed by atoms with Gasteiger partial charge in [-0.15, -0.1) is 0 Å². The van der Waals surface area contributed by atoms with Gasteiger partial charge in [-0.2, -0.15) is 4.98 Å². The standard InChI is InChI=1S/C22H23FN6O3/c1-29-7-6-12-9-18(32-2)16(8-13(12)11-29)26-22-25-10-14(20(24)31)21(28-22)27-19-15(23)4-3-5-17(19)30/h3-5,8-10,30H,6-7,11H2,1-2H3,(H2,24,31)(H2,25,26,27,28). The molecule has 5 N–H and O–H groups in total. The number of rotatable bonds is 6. The predicted molar refractivity (Wildman–Crippen MR) is 118 cm³/mol. The van der Waals surface area contributed by atoms with Gasteiger partial charge >= 0.3 is 0 Å². The average Bonchev–Trinajstić information content (AvgIpc) is 2.76. The average molecular weight is 438 g/mol. The molecule has 0 radical (unpaired) electrons. The topological polar surface area (TPSA) is 126 Å². The van der Waals surface area contributed by atoms with Crippen molar-refractivity contribution in [2.75, 3.05) is 31.3 Å². The number of ether oxygens (including phenoxy) is 1. The van der Waals surface area contributed by atoms with Gasteiger partial charge in [-0.25, -0.2) is 9.37 Å². The largest absolute Gasteiger partial charge is 0.506 e. The number of aromatic hydroxyl groups is 1. The first-order chi connectivity index (χ1) is 15.4. The number of hydrogen-bond acceptors (Lipinski definition) is 8. The third kappa shape index (κ3) is 4.26. The highest BCUT2D eigenvalue weighted by Crippen LogP contribution is 2.34. The minimum atomic E-state index is -0.802. The van der Waals surface area contributed by atoms with Crippen LogP contribution in [0.5, 0.6) is 11.5 Å². The molecule has 166 valence electrons. The van der Waals surface area contributed by atoms with Gasteiger partial charge < -0.3 is 31.1 Å². The van der Waals surface area contributed by atoms with Gasteiger partial charge in [-0.1, -0.05) is 6.07 Å². The van der Waals surface area contributed by atoms with Crippen LogP contribution < -0.4 is 21.1 Å². The van der Waals surface area contributed by atoms with Crippen molar-refractivity contribution in [3.63, 3.8) is 0 Å². The summed E-state index contributed by atoms with van der Waals surface area (Å²) >= 11 is 0. The number of nitrogens with zero attached hydrogens (tertiary/aromatic N) is 3. The van der Waals surface area contributed by atoms with Crippen LogP contribution in [0.3, 0.4) is 0 Å². The van der Waals surface area contributed by atoms with E-state index < -0.39 is 11.7 Å². The zero-order chi connectivity index (χ0) is 22.8. The zero-order valence-electron chi connectivity index (χ0n) is 17.6. The van der Waals surface area contributed by atoms with Gasteiger partial charge in [0, 0.05) is 19.3 Å². The molecule has 9 nitrogen and oxygen atoms in total. The van der Waals surface area contributed by atoms with Gasteiger partial charge in [-0.3, -0.25) is 4.79 Å². The van der Waals surface area contributed by atoms with Gasteiger partial charge in [0.2, 0.25) is 5.95 Å². The second-order valence-corrected chi connectivity index (χ2v) is 7.51. The summed E-state index contributed by atoms with van der Waals surface area (Å²) in [4.78, 5) is 22.5. The van der Waals surface area contributed by atoms with E-state index in [-0.39, 0.29) is 28.8 Å². The SMILES string of the molecule is COc1cc2c(cc1Nc1ncc(C(N)=O)c(Nc3c(O)cccc3F)n1)CN(C)CC2. The van der Waals surface area contributed by atoms with Gasteiger partial charge in [0.25, 0.3) is 5.91 Å². The lowest BCUT2D eigenvalue weighted by Crippen LogP contribution is -2.26. The first kappa shape index (κ1) is 21.3. The van der Waals surface area contributed by atoms with Gasteiger partial charge in [0.1, 0.15) is 34.4 Å². The number of para-hydroxylation sites is 1. The van der Waals surface area contributed by atoms with Crippen LogP contribution in [0.1, 0.15) is 21.5 Å². The summed E-state index contributed by atoms with van der Waals surface area (Å²) in [5.41, 5.74) is 8.16. The maximum atomic E-state index is 14.2. The van der Waals surface area contributed by atoms with Crippen molar-refractivity contribution in [1.29, 1.82) is 0 Å². The Morgan fingerprint density at radius 3 is 2.81 bits per heavy atom. The third-order valence-corrected chi connectivity index (χ3v) is 5.26. The van der Waals surface area contributed by atoms with E-state index in [2.05, 4.69) is 32.5 Å². The Kier molecular flexibility index (Phi) is 5.78. The summed E-state index contributed by atoms with van der Waals surface area (Å²) in [6.07, 6.45) is 2.16. The van der Waals surface area contributed by atoms with Crippen LogP contribution in [0.2, 0.25) is 0 Å². The van der Waals surface area contributed by atoms with E-state index >= 15 is 0 Å². The number of halogens is 1. The van der Waals surface area contributed by atoms with E-state index in [0.29, 0.717) is 11.4 Å². The minimum absolute atomic E-state index is 0.0490. The summed E-state index contributed by atoms with van der Waals surface area (Å²) < 4.78 is 19.7. The molecule has 3 aromatic rings. The fourth-order valence-electron chi connectivity index (χ4n) is 3.59. The Balaban J connectivity index is 1.70. The molecule has 0 bridgehead atoms. The third-order valence-electron chi connectivity index (χ3n) is 5.26. The number of anilines is 4. The number of fused-ring (bicyclic) bond motifs is 1. The van der Waals surface area contributed by atoms with Crippen LogP contribution in [0.25, 0.3) is 0 Å². The lowest BCUT2D eigenvalue weighted by molar-refractivity contribution is 0.100. The summed E-state index contributed by atoms with van der Waals surface area (Å²) in [6.45, 7) is 1.77. The van der Waals surface area contributed by atoms with Crippen LogP contribution in [-0.4, -0.2) is 46.6 Å². The number of methoxy groups -OCH3 is 1. The number of benzene rings is 2. The Labute approximate surface area is 184 Å². The van der Waals surface area contributed by atoms with Crippen molar-refractivity contribution in [3.05, 3.63) is 59.0 Å². The molecule has 0 saturated carbocycles. The van der Waals surface area contributed by atoms with Crippen LogP contribution >= 0.6 is 0 Å². The van der Waals surface area contributed by atoms with E-state index in [1.54, 1.807) is 7.11 Å². The van der Waals surface area contributed by atoms with Gasteiger partial charge in [0.15, 0.2) is 0 Å². The smallest absolute Gasteiger partial charge is 0.254 e. The van der Waals surface area contributed by atoms with Crippen molar-refractivity contribution in [2.45, 2.75) is 13.0 Å². The minimum Gasteiger partial charge on any atom is -0.506 e. The van der Waals surface area contributed by atoms with Crippen molar-refractivity contribution in [3.8, 4) is 11.5 Å². The van der Waals surface area contributed by atoms with Crippen LogP contribution in [-0.2, 0) is 13.0 Å². The maximum absolute atomic E-state index is 14.2. The number of carbonyl (C=O) groups is 1. The Bertz CT molecular complexity index is 1170. The molecule has 1 amide bonds. The Morgan fingerprint density at radius 2 is 2.09 bits per heavy atom. The van der Waals surface area contributed by atoms with E-state index in [1.165, 1.54) is 30.0 Å². The molecule has 1 aliphatic heterocycles. The number of aromatic nitrogens is 2. The van der Waals surface area contributed by atoms with E-state index in [4.69, 9.17) is 10.5 Å². The second-order valence-electron chi connectivity index (χ2n) is 7.51. The number of phenols is 1. The quantitative estimate of drug-likeness (QED) is 0.433. The van der Waals surface area contributed by atoms with Crippen molar-refractivity contribution >= 4 is 29.0 Å². The predicted octanol–water partition coefficient (Wildman–Crippen LogP) is 2.90. The van der Waals surface area contributed by atoms with Gasteiger partial charge in [-0.05, 0) is 48.9 Å². The highest BCUT2D eigenvalue weighted by atomic mass is 19.1. The first-order valence-corrected chi connectivity index (χ1v) is 9.92. The first-order valence-electron chi connectivity index (χ1n) is 9.92. The molecule has 4 rings (SSSR count). The monoisotopic (exact) mass is 438 g/mol. The van der Waals surface area contributed by atoms with Crippen molar-refractivity contribution in [2.24, 2.45) is 5.73 Å². The molecule has 10 heteroatoms. The van der Waals surface area contributed by atoms with Gasteiger partial charge in [0.05, 0.1) is 12.8 Å². The summed E-state index contributed by atoms with van der Waals surface area (Å²) in [5, 5.41) is 15.7. The molecule has 0 unspecified atom stereocenters. The number of carbonyl (C=O) groups excluding carboxylic acids is 1. The van der Waals surface area contributed by atoms with Crippen LogP contribution in [0.15, 0.2) is 36.5 Å². The lowest BCUT2D eigenvalue weighted by Gasteiger charge is -2.26. The summed E-state index contributed by atoms with van der Waals surface area (Å²) in [5.74, 6) is -1.15. The molecule has 0 spiro atoms. The Hall–Kier alpha value is -3.92. The molecule has 1 aliphatic rings. The molecule has 0 aliphatic carbocycles. The number of hydrogen-bond donors (Lipinski definition) is 4. The summed E-state index contributed by atoms with van der Waals surface area (Å²) in [6, 6.07) is 7.80. The van der Waals surface area contributed by atoms with E-state index in [1.807, 2.05) is 12.1 Å². The molecule has 0 fully saturated rings. The van der Waals surface area contributed by atoms with Crippen LogP contribution in [0, 0.1) is 5.82 Å². The molecule has 2 aromatic carbocycles. The number of nitrogens with two attached hydrogens (primary N) is 1. The molecule has 0 atom stereocenters.